The molecule has 0 bridgehead atoms. The van der Waals surface area contributed by atoms with E-state index < -0.39 is 90.7 Å². The number of hydrogen-bond acceptors (Lipinski definition) is 19. The van der Waals surface area contributed by atoms with Gasteiger partial charge in [-0.15, -0.1) is 0 Å². The number of carbonyl (C=O) groups is 3. The van der Waals surface area contributed by atoms with E-state index in [-0.39, 0.29) is 53.8 Å². The molecule has 0 aliphatic carbocycles. The summed E-state index contributed by atoms with van der Waals surface area (Å²) < 4.78 is 62.5. The Morgan fingerprint density at radius 1 is 0.865 bits per heavy atom. The Hall–Kier alpha value is -3.78. The second-order valence-corrected chi connectivity index (χ2v) is 22.9. The molecule has 1 aliphatic heterocycles. The number of ether oxygens (including phenoxy) is 1. The SMILES string of the molecule is CCCCC/C=C\C/C=C\C/C=C\C/C=C\C/C=C\CC[C@H](O)CC(=O)SCCNC(=O)CCNC(=O)[C@H](O)C(C)(C)COP(=O)(O)OP(=O)(O)OC[C@H]1O[C@@H](n2cnc3c(N)ncnc32)[C@H](O)[C@@H]1OP(=O)(O)O. The topological polar surface area (TPSA) is 384 Å². The van der Waals surface area contributed by atoms with Gasteiger partial charge in [0.05, 0.1) is 25.6 Å². The molecule has 0 spiro atoms. The number of anilines is 1. The number of carbonyl (C=O) groups excluding carboxylic acids is 3. The van der Waals surface area contributed by atoms with Crippen molar-refractivity contribution in [1.82, 2.24) is 30.2 Å². The van der Waals surface area contributed by atoms with Crippen molar-refractivity contribution in [3.63, 3.8) is 0 Å². The average molecular weight is 1120 g/mol. The molecule has 1 fully saturated rings. The smallest absolute Gasteiger partial charge is 0.393 e. The van der Waals surface area contributed by atoms with E-state index in [4.69, 9.17) is 19.5 Å². The predicted octanol–water partition coefficient (Wildman–Crippen LogP) is 5.12. The summed E-state index contributed by atoms with van der Waals surface area (Å²) in [6.45, 7) is 2.55. The molecule has 3 heterocycles. The van der Waals surface area contributed by atoms with Crippen molar-refractivity contribution in [2.24, 2.45) is 5.41 Å². The van der Waals surface area contributed by atoms with E-state index in [1.807, 2.05) is 12.2 Å². The zero-order valence-corrected chi connectivity index (χ0v) is 45.2. The van der Waals surface area contributed by atoms with E-state index in [0.717, 1.165) is 61.1 Å². The molecule has 2 amide bonds. The van der Waals surface area contributed by atoms with Crippen LogP contribution in [0, 0.1) is 5.41 Å². The quantitative estimate of drug-likeness (QED) is 0.0240. The number of rotatable bonds is 36. The molecule has 416 valence electrons. The van der Waals surface area contributed by atoms with E-state index in [1.54, 1.807) is 0 Å². The van der Waals surface area contributed by atoms with Crippen LogP contribution in [0.15, 0.2) is 73.4 Å². The van der Waals surface area contributed by atoms with E-state index in [9.17, 15) is 63.0 Å². The largest absolute Gasteiger partial charge is 0.481 e. The number of amides is 2. The van der Waals surface area contributed by atoms with Crippen LogP contribution in [0.5, 0.6) is 0 Å². The van der Waals surface area contributed by atoms with E-state index >= 15 is 0 Å². The predicted molar refractivity (Wildman–Crippen MR) is 275 cm³/mol. The Kier molecular flexibility index (Phi) is 28.5. The average Bonchev–Trinajstić information content (AvgIpc) is 3.89. The first-order valence-electron chi connectivity index (χ1n) is 23.9. The molecule has 8 atom stereocenters. The molecule has 25 nitrogen and oxygen atoms in total. The molecule has 0 aromatic carbocycles. The Bertz CT molecular complexity index is 2380. The maximum absolute atomic E-state index is 12.8. The minimum atomic E-state index is -5.60. The van der Waals surface area contributed by atoms with Gasteiger partial charge >= 0.3 is 23.5 Å². The van der Waals surface area contributed by atoms with Crippen LogP contribution < -0.4 is 16.4 Å². The standard InChI is InChI=1S/C45H72N7O18P3S/c1-4-5-6-7-8-9-10-11-12-13-14-15-16-17-18-19-20-21-22-23-33(53)28-36(55)74-27-26-47-35(54)24-25-48-43(58)40(57)45(2,3)30-67-73(64,65)70-72(62,63)66-29-34-39(69-71(59,60)61)38(56)44(68-34)52-32-51-37-41(46)49-31-50-42(37)52/h8-9,11-12,14-15,17-18,20-21,31-34,38-40,44,53,56-57H,4-7,10,13,16,19,22-30H2,1-3H3,(H,47,54)(H,48,58)(H,62,63)(H,64,65)(H2,46,49,50)(H2,59,60,61)/b9-8-,12-11-,15-14-,18-17-,21-20-/t33-,34+,38+,39+,40-,44+/m0/s1. The van der Waals surface area contributed by atoms with Gasteiger partial charge in [0.15, 0.2) is 22.8 Å². The lowest BCUT2D eigenvalue weighted by Crippen LogP contribution is -2.46. The minimum Gasteiger partial charge on any atom is -0.393 e. The molecule has 2 aromatic rings. The molecular formula is C45H72N7O18P3S. The van der Waals surface area contributed by atoms with Crippen molar-refractivity contribution >= 4 is 69.1 Å². The molecular weight excluding hydrogens is 1050 g/mol. The summed E-state index contributed by atoms with van der Waals surface area (Å²) >= 11 is 0.966. The van der Waals surface area contributed by atoms with Gasteiger partial charge in [-0.2, -0.15) is 4.31 Å². The number of thioether (sulfide) groups is 1. The first kappa shape index (κ1) is 64.5. The fraction of sp³-hybridized carbons (Fsp3) is 0.600. The van der Waals surface area contributed by atoms with Crippen LogP contribution in [0.1, 0.15) is 104 Å². The van der Waals surface area contributed by atoms with Crippen LogP contribution in [0.2, 0.25) is 0 Å². The highest BCUT2D eigenvalue weighted by molar-refractivity contribution is 8.13. The van der Waals surface area contributed by atoms with Gasteiger partial charge in [-0.25, -0.2) is 28.6 Å². The monoisotopic (exact) mass is 1120 g/mol. The van der Waals surface area contributed by atoms with Gasteiger partial charge < -0.3 is 56.0 Å². The fourth-order valence-corrected chi connectivity index (χ4v) is 10.3. The molecule has 0 saturated carbocycles. The molecule has 1 aliphatic rings. The van der Waals surface area contributed by atoms with E-state index in [0.29, 0.717) is 12.8 Å². The number of aliphatic hydroxyl groups is 3. The molecule has 2 aromatic heterocycles. The van der Waals surface area contributed by atoms with Crippen molar-refractivity contribution in [2.75, 3.05) is 37.8 Å². The number of imidazole rings is 1. The molecule has 74 heavy (non-hydrogen) atoms. The lowest BCUT2D eigenvalue weighted by molar-refractivity contribution is -0.137. The zero-order valence-electron chi connectivity index (χ0n) is 41.7. The van der Waals surface area contributed by atoms with Crippen molar-refractivity contribution in [2.45, 2.75) is 135 Å². The first-order valence-corrected chi connectivity index (χ1v) is 29.4. The number of nitrogen functional groups attached to an aromatic ring is 1. The van der Waals surface area contributed by atoms with Crippen LogP contribution in [0.25, 0.3) is 11.2 Å². The number of phosphoric acid groups is 3. The van der Waals surface area contributed by atoms with Gasteiger partial charge in [0.25, 0.3) is 0 Å². The van der Waals surface area contributed by atoms with Crippen molar-refractivity contribution in [3.8, 4) is 0 Å². The normalized spacial score (nSPS) is 20.3. The highest BCUT2D eigenvalue weighted by Crippen LogP contribution is 2.61. The number of fused-ring (bicyclic) bond motifs is 1. The van der Waals surface area contributed by atoms with Gasteiger partial charge in [0, 0.05) is 37.1 Å². The Morgan fingerprint density at radius 2 is 1.47 bits per heavy atom. The Morgan fingerprint density at radius 3 is 2.09 bits per heavy atom. The van der Waals surface area contributed by atoms with Gasteiger partial charge in [0.2, 0.25) is 11.8 Å². The van der Waals surface area contributed by atoms with Crippen LogP contribution in [0.4, 0.5) is 5.82 Å². The number of nitrogens with one attached hydrogen (secondary N) is 2. The molecule has 2 unspecified atom stereocenters. The maximum atomic E-state index is 12.8. The third-order valence-corrected chi connectivity index (χ3v) is 14.7. The van der Waals surface area contributed by atoms with E-state index in [1.165, 1.54) is 33.1 Å². The highest BCUT2D eigenvalue weighted by atomic mass is 32.2. The number of unbranched alkanes of at least 4 members (excludes halogenated alkanes) is 3. The second-order valence-electron chi connectivity index (χ2n) is 17.5. The van der Waals surface area contributed by atoms with Gasteiger partial charge in [-0.05, 0) is 51.4 Å². The van der Waals surface area contributed by atoms with Crippen LogP contribution in [-0.4, -0.2) is 134 Å². The first-order chi connectivity index (χ1) is 34.9. The van der Waals surface area contributed by atoms with Crippen molar-refractivity contribution in [1.29, 1.82) is 0 Å². The van der Waals surface area contributed by atoms with Crippen LogP contribution in [-0.2, 0) is 50.7 Å². The highest BCUT2D eigenvalue weighted by Gasteiger charge is 2.50. The third-order valence-electron chi connectivity index (χ3n) is 10.7. The minimum absolute atomic E-state index is 0.0247. The van der Waals surface area contributed by atoms with Gasteiger partial charge in [0.1, 0.15) is 36.3 Å². The number of aliphatic hydroxyl groups excluding tert-OH is 3. The lowest BCUT2D eigenvalue weighted by atomic mass is 9.87. The zero-order chi connectivity index (χ0) is 54.8. The van der Waals surface area contributed by atoms with Gasteiger partial charge in [-0.3, -0.25) is 32.5 Å². The summed E-state index contributed by atoms with van der Waals surface area (Å²) in [4.78, 5) is 88.6. The summed E-state index contributed by atoms with van der Waals surface area (Å²) in [6, 6.07) is 0. The summed E-state index contributed by atoms with van der Waals surface area (Å²) in [5, 5.41) is 36.6. The maximum Gasteiger partial charge on any atom is 0.481 e. The summed E-state index contributed by atoms with van der Waals surface area (Å²) in [5.41, 5.74) is 4.24. The number of aromatic nitrogens is 4. The fourth-order valence-electron chi connectivity index (χ4n) is 6.77. The number of hydrogen-bond donors (Lipinski definition) is 10. The Balaban J connectivity index is 1.28. The van der Waals surface area contributed by atoms with Crippen LogP contribution in [0.3, 0.4) is 0 Å². The Labute approximate surface area is 434 Å². The van der Waals surface area contributed by atoms with E-state index in [2.05, 4.69) is 90.0 Å². The summed E-state index contributed by atoms with van der Waals surface area (Å²) in [5.74, 6) is -1.28. The van der Waals surface area contributed by atoms with Crippen molar-refractivity contribution in [3.05, 3.63) is 73.4 Å². The molecule has 29 heteroatoms. The van der Waals surface area contributed by atoms with Gasteiger partial charge in [-0.1, -0.05) is 106 Å². The molecule has 11 N–H and O–H groups in total. The molecule has 1 saturated heterocycles. The summed E-state index contributed by atoms with van der Waals surface area (Å²) in [6.07, 6.45) is 22.9. The third kappa shape index (κ3) is 24.9. The van der Waals surface area contributed by atoms with Crippen molar-refractivity contribution < 1.29 is 85.6 Å². The van der Waals surface area contributed by atoms with Crippen LogP contribution >= 0.6 is 35.2 Å². The number of nitrogens with zero attached hydrogens (tertiary/aromatic N) is 4. The number of nitrogens with two attached hydrogens (primary N) is 1. The molecule has 0 radical (unpaired) electrons. The molecule has 3 rings (SSSR count). The number of phosphoric ester groups is 3. The lowest BCUT2D eigenvalue weighted by Gasteiger charge is -2.30. The summed E-state index contributed by atoms with van der Waals surface area (Å²) in [7, 11) is -16.5. The second kappa shape index (κ2) is 32.7. The number of allylic oxidation sites excluding steroid dienone is 10.